The van der Waals surface area contributed by atoms with Crippen molar-refractivity contribution < 1.29 is 4.74 Å². The summed E-state index contributed by atoms with van der Waals surface area (Å²) < 4.78 is 4.54. The third-order valence-electron chi connectivity index (χ3n) is 4.29. The lowest BCUT2D eigenvalue weighted by Gasteiger charge is -2.49. The van der Waals surface area contributed by atoms with Crippen molar-refractivity contribution in [2.75, 3.05) is 13.7 Å². The summed E-state index contributed by atoms with van der Waals surface area (Å²) >= 11 is 0. The first-order valence-electron chi connectivity index (χ1n) is 6.30. The van der Waals surface area contributed by atoms with Crippen LogP contribution in [-0.4, -0.2) is 13.7 Å². The van der Waals surface area contributed by atoms with Crippen molar-refractivity contribution in [2.45, 2.75) is 45.4 Å². The second-order valence-corrected chi connectivity index (χ2v) is 5.46. The van der Waals surface area contributed by atoms with E-state index >= 15 is 0 Å². The Bertz CT molecular complexity index is 118. The van der Waals surface area contributed by atoms with Crippen LogP contribution in [0.3, 0.4) is 0 Å². The van der Waals surface area contributed by atoms with Gasteiger partial charge in [0.15, 0.2) is 0 Å². The first-order chi connectivity index (χ1) is 6.81. The van der Waals surface area contributed by atoms with E-state index < -0.39 is 0 Å². The second kappa shape index (κ2) is 4.65. The summed E-state index contributed by atoms with van der Waals surface area (Å²) in [5.41, 5.74) is 0. The summed E-state index contributed by atoms with van der Waals surface area (Å²) in [4.78, 5) is 0. The molecule has 0 heterocycles. The molecule has 0 radical (unpaired) electrons. The Labute approximate surface area is 88.2 Å². The molecule has 0 N–H and O–H groups in total. The van der Waals surface area contributed by atoms with Crippen LogP contribution in [0.2, 0.25) is 0 Å². The third kappa shape index (κ3) is 2.31. The van der Waals surface area contributed by atoms with Crippen LogP contribution in [0.1, 0.15) is 45.4 Å². The predicted molar refractivity (Wildman–Crippen MR) is 59.2 cm³/mol. The molecule has 0 saturated heterocycles. The zero-order valence-electron chi connectivity index (χ0n) is 9.67. The molecule has 0 amide bonds. The smallest absolute Gasteiger partial charge is 0.0433 e. The molecule has 4 aliphatic carbocycles. The Hall–Kier alpha value is -0.0400. The molecule has 0 unspecified atom stereocenters. The van der Waals surface area contributed by atoms with Gasteiger partial charge < -0.3 is 4.74 Å². The Kier molecular flexibility index (Phi) is 3.48. The van der Waals surface area contributed by atoms with E-state index in [4.69, 9.17) is 0 Å². The summed E-state index contributed by atoms with van der Waals surface area (Å²) in [6.07, 6.45) is 9.62. The van der Waals surface area contributed by atoms with Gasteiger partial charge in [-0.1, -0.05) is 0 Å². The lowest BCUT2D eigenvalue weighted by atomic mass is 9.56. The minimum atomic E-state index is 0.819. The van der Waals surface area contributed by atoms with E-state index in [0.29, 0.717) is 0 Å². The molecule has 14 heavy (non-hydrogen) atoms. The standard InChI is InChI=1S/C10H16.C3H8O/c1-7-2-9-4-8(1)5-10(3-7)6-9;1-3-4-2/h7-10H,1-6H2;3H2,1-2H3. The highest BCUT2D eigenvalue weighted by atomic mass is 16.5. The molecular weight excluding hydrogens is 172 g/mol. The summed E-state index contributed by atoms with van der Waals surface area (Å²) in [6.45, 7) is 2.78. The van der Waals surface area contributed by atoms with Crippen LogP contribution in [0.15, 0.2) is 0 Å². The zero-order valence-corrected chi connectivity index (χ0v) is 9.67. The molecule has 4 saturated carbocycles. The average Bonchev–Trinajstić information content (AvgIpc) is 2.16. The number of hydrogen-bond donors (Lipinski definition) is 0. The van der Waals surface area contributed by atoms with Gasteiger partial charge in [-0.2, -0.15) is 0 Å². The van der Waals surface area contributed by atoms with Gasteiger partial charge in [-0.25, -0.2) is 0 Å². The largest absolute Gasteiger partial charge is 0.385 e. The molecule has 0 aromatic heterocycles. The number of ether oxygens (including phenoxy) is 1. The van der Waals surface area contributed by atoms with Gasteiger partial charge >= 0.3 is 0 Å². The van der Waals surface area contributed by atoms with Gasteiger partial charge in [0.25, 0.3) is 0 Å². The summed E-state index contributed by atoms with van der Waals surface area (Å²) in [7, 11) is 1.68. The van der Waals surface area contributed by atoms with Crippen LogP contribution in [0, 0.1) is 23.7 Å². The Morgan fingerprint density at radius 3 is 1.14 bits per heavy atom. The minimum absolute atomic E-state index is 0.819. The van der Waals surface area contributed by atoms with Crippen molar-refractivity contribution in [1.82, 2.24) is 0 Å². The highest BCUT2D eigenvalue weighted by Crippen LogP contribution is 2.53. The van der Waals surface area contributed by atoms with Crippen LogP contribution in [-0.2, 0) is 4.74 Å². The first-order valence-corrected chi connectivity index (χ1v) is 6.30. The second-order valence-electron chi connectivity index (χ2n) is 5.46. The summed E-state index contributed by atoms with van der Waals surface area (Å²) in [5, 5.41) is 0. The molecule has 0 aliphatic heterocycles. The highest BCUT2D eigenvalue weighted by Gasteiger charge is 2.41. The molecule has 0 spiro atoms. The van der Waals surface area contributed by atoms with Gasteiger partial charge in [0.05, 0.1) is 0 Å². The van der Waals surface area contributed by atoms with E-state index in [1.807, 2.05) is 6.92 Å². The predicted octanol–water partition coefficient (Wildman–Crippen LogP) is 3.49. The normalized spacial score (nSPS) is 43.3. The van der Waals surface area contributed by atoms with Gasteiger partial charge in [0.2, 0.25) is 0 Å². The van der Waals surface area contributed by atoms with Crippen molar-refractivity contribution in [3.63, 3.8) is 0 Å². The fraction of sp³-hybridized carbons (Fsp3) is 1.00. The third-order valence-corrected chi connectivity index (χ3v) is 4.29. The van der Waals surface area contributed by atoms with Crippen LogP contribution in [0.5, 0.6) is 0 Å². The topological polar surface area (TPSA) is 9.23 Å². The molecule has 4 aliphatic rings. The lowest BCUT2D eigenvalue weighted by Crippen LogP contribution is -2.38. The van der Waals surface area contributed by atoms with Crippen molar-refractivity contribution in [1.29, 1.82) is 0 Å². The quantitative estimate of drug-likeness (QED) is 0.624. The van der Waals surface area contributed by atoms with Crippen LogP contribution in [0.4, 0.5) is 0 Å². The monoisotopic (exact) mass is 196 g/mol. The number of hydrogen-bond acceptors (Lipinski definition) is 1. The van der Waals surface area contributed by atoms with Crippen molar-refractivity contribution in [2.24, 2.45) is 23.7 Å². The van der Waals surface area contributed by atoms with E-state index in [9.17, 15) is 0 Å². The molecule has 0 aromatic rings. The maximum absolute atomic E-state index is 4.54. The van der Waals surface area contributed by atoms with Gasteiger partial charge in [-0.05, 0) is 69.1 Å². The van der Waals surface area contributed by atoms with E-state index in [-0.39, 0.29) is 0 Å². The average molecular weight is 196 g/mol. The lowest BCUT2D eigenvalue weighted by molar-refractivity contribution is 0.0198. The Morgan fingerprint density at radius 2 is 1.00 bits per heavy atom. The van der Waals surface area contributed by atoms with Crippen molar-refractivity contribution in [3.05, 3.63) is 0 Å². The minimum Gasteiger partial charge on any atom is -0.385 e. The van der Waals surface area contributed by atoms with E-state index in [0.717, 1.165) is 6.61 Å². The molecule has 4 bridgehead atoms. The van der Waals surface area contributed by atoms with E-state index in [2.05, 4.69) is 4.74 Å². The fourth-order valence-electron chi connectivity index (χ4n) is 3.98. The Morgan fingerprint density at radius 1 is 0.786 bits per heavy atom. The molecule has 0 atom stereocenters. The molecule has 1 nitrogen and oxygen atoms in total. The molecule has 1 heteroatoms. The first kappa shape index (κ1) is 10.5. The summed E-state index contributed by atoms with van der Waals surface area (Å²) in [6, 6.07) is 0. The SMILES string of the molecule is C1C2CC3CC1CC(C2)C3.CCOC. The van der Waals surface area contributed by atoms with Gasteiger partial charge in [-0.15, -0.1) is 0 Å². The van der Waals surface area contributed by atoms with Crippen molar-refractivity contribution >= 4 is 0 Å². The molecular formula is C13H24O. The van der Waals surface area contributed by atoms with Crippen LogP contribution >= 0.6 is 0 Å². The van der Waals surface area contributed by atoms with Gasteiger partial charge in [-0.3, -0.25) is 0 Å². The summed E-state index contributed by atoms with van der Waals surface area (Å²) in [5.74, 6) is 4.71. The fourth-order valence-corrected chi connectivity index (χ4v) is 3.98. The van der Waals surface area contributed by atoms with Crippen molar-refractivity contribution in [3.8, 4) is 0 Å². The molecule has 82 valence electrons. The van der Waals surface area contributed by atoms with Crippen LogP contribution < -0.4 is 0 Å². The molecule has 4 fully saturated rings. The Balaban J connectivity index is 0.000000165. The van der Waals surface area contributed by atoms with E-state index in [1.54, 1.807) is 45.6 Å². The van der Waals surface area contributed by atoms with Gasteiger partial charge in [0, 0.05) is 13.7 Å². The van der Waals surface area contributed by atoms with Gasteiger partial charge in [0.1, 0.15) is 0 Å². The number of rotatable bonds is 1. The molecule has 4 rings (SSSR count). The highest BCUT2D eigenvalue weighted by molar-refractivity contribution is 4.92. The van der Waals surface area contributed by atoms with Crippen LogP contribution in [0.25, 0.3) is 0 Å². The maximum Gasteiger partial charge on any atom is 0.0433 e. The maximum atomic E-state index is 4.54. The zero-order chi connectivity index (χ0) is 9.97. The molecule has 0 aromatic carbocycles. The number of methoxy groups -OCH3 is 1. The van der Waals surface area contributed by atoms with E-state index in [1.165, 1.54) is 23.7 Å².